The van der Waals surface area contributed by atoms with Gasteiger partial charge < -0.3 is 9.73 Å². The summed E-state index contributed by atoms with van der Waals surface area (Å²) in [6.45, 7) is 3.81. The van der Waals surface area contributed by atoms with Gasteiger partial charge in [0.1, 0.15) is 0 Å². The summed E-state index contributed by atoms with van der Waals surface area (Å²) in [4.78, 5) is 21.4. The summed E-state index contributed by atoms with van der Waals surface area (Å²) in [5.41, 5.74) is 6.07. The van der Waals surface area contributed by atoms with E-state index in [9.17, 15) is 4.79 Å². The molecule has 2 aromatic heterocycles. The predicted octanol–water partition coefficient (Wildman–Crippen LogP) is 5.73. The molecule has 0 aliphatic heterocycles. The smallest absolute Gasteiger partial charge is 0.255 e. The summed E-state index contributed by atoms with van der Waals surface area (Å²) in [7, 11) is 0. The molecule has 0 bridgehead atoms. The van der Waals surface area contributed by atoms with Gasteiger partial charge in [-0.05, 0) is 66.1 Å². The molecule has 2 heterocycles. The van der Waals surface area contributed by atoms with Gasteiger partial charge in [-0.1, -0.05) is 30.3 Å². The lowest BCUT2D eigenvalue weighted by molar-refractivity contribution is 0.102. The van der Waals surface area contributed by atoms with E-state index in [4.69, 9.17) is 4.42 Å². The molecule has 0 aliphatic carbocycles. The molecule has 5 aromatic rings. The maximum absolute atomic E-state index is 12.8. The molecule has 0 unspecified atom stereocenters. The van der Waals surface area contributed by atoms with Crippen LogP contribution in [0.1, 0.15) is 21.8 Å². The summed E-state index contributed by atoms with van der Waals surface area (Å²) in [6.07, 6.45) is 3.38. The van der Waals surface area contributed by atoms with E-state index in [0.717, 1.165) is 27.8 Å². The van der Waals surface area contributed by atoms with Crippen LogP contribution in [0.25, 0.3) is 34.0 Å². The minimum Gasteiger partial charge on any atom is -0.421 e. The minimum atomic E-state index is -0.190. The van der Waals surface area contributed by atoms with Gasteiger partial charge in [0.15, 0.2) is 5.82 Å². The standard InChI is InChI=1S/C27H21N5O2/c1-17-7-8-22(27-32-31-18(2)34-27)16-24(17)19-9-11-20(12-10-19)26(33)30-23-6-3-5-21(15-23)25-28-13-4-14-29-25/h3-16H,1-2H3,(H,30,33). The number of nitrogens with one attached hydrogen (secondary N) is 1. The molecule has 3 aromatic carbocycles. The van der Waals surface area contributed by atoms with Crippen molar-refractivity contribution in [3.63, 3.8) is 0 Å². The number of carbonyl (C=O) groups is 1. The highest BCUT2D eigenvalue weighted by atomic mass is 16.4. The molecule has 7 nitrogen and oxygen atoms in total. The highest BCUT2D eigenvalue weighted by Gasteiger charge is 2.12. The normalized spacial score (nSPS) is 10.8. The van der Waals surface area contributed by atoms with Crippen molar-refractivity contribution in [2.75, 3.05) is 5.32 Å². The van der Waals surface area contributed by atoms with Crippen molar-refractivity contribution >= 4 is 11.6 Å². The summed E-state index contributed by atoms with van der Waals surface area (Å²) in [6, 6.07) is 22.8. The Balaban J connectivity index is 1.35. The Morgan fingerprint density at radius 1 is 0.794 bits per heavy atom. The molecule has 0 fully saturated rings. The van der Waals surface area contributed by atoms with Crippen LogP contribution in [0.3, 0.4) is 0 Å². The Morgan fingerprint density at radius 2 is 1.56 bits per heavy atom. The highest BCUT2D eigenvalue weighted by molar-refractivity contribution is 6.04. The fourth-order valence-corrected chi connectivity index (χ4v) is 3.67. The average molecular weight is 447 g/mol. The highest BCUT2D eigenvalue weighted by Crippen LogP contribution is 2.29. The lowest BCUT2D eigenvalue weighted by atomic mass is 9.97. The maximum Gasteiger partial charge on any atom is 0.255 e. The van der Waals surface area contributed by atoms with Gasteiger partial charge in [-0.2, -0.15) is 0 Å². The van der Waals surface area contributed by atoms with Gasteiger partial charge in [0.25, 0.3) is 5.91 Å². The van der Waals surface area contributed by atoms with Crippen LogP contribution in [0.15, 0.2) is 89.6 Å². The van der Waals surface area contributed by atoms with Crippen LogP contribution in [-0.2, 0) is 0 Å². The largest absolute Gasteiger partial charge is 0.421 e. The third-order valence-electron chi connectivity index (χ3n) is 5.41. The van der Waals surface area contributed by atoms with Crippen molar-refractivity contribution in [1.82, 2.24) is 20.2 Å². The number of aryl methyl sites for hydroxylation is 2. The summed E-state index contributed by atoms with van der Waals surface area (Å²) >= 11 is 0. The zero-order chi connectivity index (χ0) is 23.5. The lowest BCUT2D eigenvalue weighted by Crippen LogP contribution is -2.11. The molecule has 34 heavy (non-hydrogen) atoms. The number of benzene rings is 3. The molecular weight excluding hydrogens is 426 g/mol. The molecule has 0 radical (unpaired) electrons. The van der Waals surface area contributed by atoms with Crippen molar-refractivity contribution in [3.05, 3.63) is 102 Å². The summed E-state index contributed by atoms with van der Waals surface area (Å²) in [5, 5.41) is 11.0. The van der Waals surface area contributed by atoms with E-state index in [-0.39, 0.29) is 5.91 Å². The fourth-order valence-electron chi connectivity index (χ4n) is 3.67. The van der Waals surface area contributed by atoms with E-state index in [0.29, 0.717) is 28.9 Å². The van der Waals surface area contributed by atoms with Crippen molar-refractivity contribution in [2.45, 2.75) is 13.8 Å². The molecule has 7 heteroatoms. The number of hydrogen-bond donors (Lipinski definition) is 1. The van der Waals surface area contributed by atoms with Gasteiger partial charge in [-0.15, -0.1) is 10.2 Å². The van der Waals surface area contributed by atoms with Gasteiger partial charge >= 0.3 is 0 Å². The van der Waals surface area contributed by atoms with Gasteiger partial charge in [0, 0.05) is 41.7 Å². The Bertz CT molecular complexity index is 1460. The zero-order valence-electron chi connectivity index (χ0n) is 18.7. The van der Waals surface area contributed by atoms with E-state index in [2.05, 4.69) is 25.5 Å². The second kappa shape index (κ2) is 9.07. The quantitative estimate of drug-likeness (QED) is 0.370. The first-order valence-electron chi connectivity index (χ1n) is 10.8. The maximum atomic E-state index is 12.8. The number of rotatable bonds is 5. The Kier molecular flexibility index (Phi) is 5.66. The summed E-state index contributed by atoms with van der Waals surface area (Å²) < 4.78 is 5.56. The van der Waals surface area contributed by atoms with Crippen LogP contribution in [0.5, 0.6) is 0 Å². The molecule has 1 N–H and O–H groups in total. The molecule has 0 spiro atoms. The van der Waals surface area contributed by atoms with Crippen LogP contribution in [0.2, 0.25) is 0 Å². The van der Waals surface area contributed by atoms with Crippen LogP contribution >= 0.6 is 0 Å². The molecule has 0 atom stereocenters. The fraction of sp³-hybridized carbons (Fsp3) is 0.0741. The SMILES string of the molecule is Cc1nnc(-c2ccc(C)c(-c3ccc(C(=O)Nc4cccc(-c5ncccn5)c4)cc3)c2)o1. The third-order valence-corrected chi connectivity index (χ3v) is 5.41. The molecule has 1 amide bonds. The zero-order valence-corrected chi connectivity index (χ0v) is 18.7. The molecule has 166 valence electrons. The third kappa shape index (κ3) is 4.45. The number of nitrogens with zero attached hydrogens (tertiary/aromatic N) is 4. The number of amides is 1. The summed E-state index contributed by atoms with van der Waals surface area (Å²) in [5.74, 6) is 1.42. The predicted molar refractivity (Wildman–Crippen MR) is 130 cm³/mol. The van der Waals surface area contributed by atoms with Crippen LogP contribution in [-0.4, -0.2) is 26.1 Å². The van der Waals surface area contributed by atoms with Gasteiger partial charge in [-0.25, -0.2) is 9.97 Å². The van der Waals surface area contributed by atoms with E-state index in [1.807, 2.05) is 73.7 Å². The van der Waals surface area contributed by atoms with Gasteiger partial charge in [0.2, 0.25) is 11.8 Å². The lowest BCUT2D eigenvalue weighted by Gasteiger charge is -2.10. The first-order chi connectivity index (χ1) is 16.6. The van der Waals surface area contributed by atoms with Gasteiger partial charge in [0.05, 0.1) is 0 Å². The Labute approximate surface area is 196 Å². The molecular formula is C27H21N5O2. The van der Waals surface area contributed by atoms with Crippen molar-refractivity contribution in [1.29, 1.82) is 0 Å². The molecule has 0 saturated carbocycles. The van der Waals surface area contributed by atoms with Gasteiger partial charge in [-0.3, -0.25) is 4.79 Å². The second-order valence-electron chi connectivity index (χ2n) is 7.84. The van der Waals surface area contributed by atoms with Crippen molar-refractivity contribution in [3.8, 4) is 34.0 Å². The monoisotopic (exact) mass is 447 g/mol. The first-order valence-corrected chi connectivity index (χ1v) is 10.8. The number of hydrogen-bond acceptors (Lipinski definition) is 6. The number of anilines is 1. The van der Waals surface area contributed by atoms with E-state index in [1.165, 1.54) is 0 Å². The van der Waals surface area contributed by atoms with Crippen LogP contribution in [0.4, 0.5) is 5.69 Å². The van der Waals surface area contributed by atoms with Crippen LogP contribution < -0.4 is 5.32 Å². The Morgan fingerprint density at radius 3 is 2.29 bits per heavy atom. The second-order valence-corrected chi connectivity index (χ2v) is 7.84. The molecule has 0 saturated heterocycles. The van der Waals surface area contributed by atoms with Crippen molar-refractivity contribution < 1.29 is 9.21 Å². The average Bonchev–Trinajstić information content (AvgIpc) is 3.31. The number of aromatic nitrogens is 4. The molecule has 0 aliphatic rings. The van der Waals surface area contributed by atoms with E-state index < -0.39 is 0 Å². The topological polar surface area (TPSA) is 93.8 Å². The van der Waals surface area contributed by atoms with Crippen molar-refractivity contribution in [2.24, 2.45) is 0 Å². The Hall–Kier alpha value is -4.65. The molecule has 5 rings (SSSR count). The minimum absolute atomic E-state index is 0.190. The van der Waals surface area contributed by atoms with E-state index in [1.54, 1.807) is 25.4 Å². The van der Waals surface area contributed by atoms with Crippen LogP contribution in [0, 0.1) is 13.8 Å². The van der Waals surface area contributed by atoms with E-state index >= 15 is 0 Å². The number of carbonyl (C=O) groups excluding carboxylic acids is 1. The first kappa shape index (κ1) is 21.2.